The molecule has 1 aromatic rings. The van der Waals surface area contributed by atoms with Gasteiger partial charge in [-0.25, -0.2) is 0 Å². The first-order chi connectivity index (χ1) is 12.8. The molecule has 0 bridgehead atoms. The fraction of sp³-hybridized carbons (Fsp3) is 0.591. The summed E-state index contributed by atoms with van der Waals surface area (Å²) in [6.07, 6.45) is 8.92. The van der Waals surface area contributed by atoms with Gasteiger partial charge in [0.15, 0.2) is 0 Å². The van der Waals surface area contributed by atoms with Crippen molar-refractivity contribution in [1.29, 1.82) is 0 Å². The van der Waals surface area contributed by atoms with Crippen LogP contribution in [0.1, 0.15) is 67.9 Å². The highest BCUT2D eigenvalue weighted by Crippen LogP contribution is 2.28. The van der Waals surface area contributed by atoms with Crippen LogP contribution in [-0.2, 0) is 11.2 Å². The van der Waals surface area contributed by atoms with E-state index in [0.717, 1.165) is 46.8 Å². The summed E-state index contributed by atoms with van der Waals surface area (Å²) in [4.78, 5) is 12.8. The number of aliphatic hydroxyl groups is 1. The molecule has 1 unspecified atom stereocenters. The molecule has 0 aromatic heterocycles. The van der Waals surface area contributed by atoms with Gasteiger partial charge >= 0.3 is 0 Å². The summed E-state index contributed by atoms with van der Waals surface area (Å²) in [5.41, 5.74) is 2.33. The third-order valence-corrected chi connectivity index (χ3v) is 6.60. The van der Waals surface area contributed by atoms with Crippen LogP contribution in [-0.4, -0.2) is 35.4 Å². The van der Waals surface area contributed by atoms with Crippen LogP contribution in [0.25, 0.3) is 6.08 Å². The Morgan fingerprint density at radius 3 is 2.70 bits per heavy atom. The molecule has 0 saturated heterocycles. The lowest BCUT2D eigenvalue weighted by Gasteiger charge is -2.33. The SMILES string of the molecule is CC(C)C(C)(O)COC1CCC(NC(=O)c2cc(I)cc3c2CC=C3)CC1. The van der Waals surface area contributed by atoms with Gasteiger partial charge in [-0.3, -0.25) is 4.79 Å². The van der Waals surface area contributed by atoms with E-state index in [0.29, 0.717) is 6.61 Å². The minimum Gasteiger partial charge on any atom is -0.388 e. The number of hydrogen-bond donors (Lipinski definition) is 2. The van der Waals surface area contributed by atoms with E-state index >= 15 is 0 Å². The van der Waals surface area contributed by atoms with E-state index in [4.69, 9.17) is 4.74 Å². The fourth-order valence-electron chi connectivity index (χ4n) is 3.63. The van der Waals surface area contributed by atoms with E-state index < -0.39 is 5.60 Å². The molecule has 1 amide bonds. The average molecular weight is 483 g/mol. The molecule has 1 fully saturated rings. The van der Waals surface area contributed by atoms with Gasteiger partial charge in [0.25, 0.3) is 5.91 Å². The zero-order chi connectivity index (χ0) is 19.6. The van der Waals surface area contributed by atoms with Crippen molar-refractivity contribution in [2.45, 2.75) is 70.6 Å². The third kappa shape index (κ3) is 5.12. The smallest absolute Gasteiger partial charge is 0.251 e. The Bertz CT molecular complexity index is 719. The molecule has 4 nitrogen and oxygen atoms in total. The number of rotatable bonds is 6. The zero-order valence-corrected chi connectivity index (χ0v) is 18.6. The quantitative estimate of drug-likeness (QED) is 0.593. The summed E-state index contributed by atoms with van der Waals surface area (Å²) in [6, 6.07) is 4.32. The maximum Gasteiger partial charge on any atom is 0.251 e. The molecule has 0 aliphatic heterocycles. The first-order valence-electron chi connectivity index (χ1n) is 9.90. The van der Waals surface area contributed by atoms with Crippen LogP contribution < -0.4 is 5.32 Å². The zero-order valence-electron chi connectivity index (χ0n) is 16.4. The second kappa shape index (κ2) is 8.62. The normalized spacial score (nSPS) is 23.9. The van der Waals surface area contributed by atoms with Crippen LogP contribution in [0, 0.1) is 9.49 Å². The molecule has 0 radical (unpaired) electrons. The summed E-state index contributed by atoms with van der Waals surface area (Å²) in [5, 5.41) is 13.6. The molecule has 1 atom stereocenters. The molecule has 0 heterocycles. The van der Waals surface area contributed by atoms with Crippen molar-refractivity contribution in [2.75, 3.05) is 6.61 Å². The fourth-order valence-corrected chi connectivity index (χ4v) is 4.28. The Labute approximate surface area is 175 Å². The van der Waals surface area contributed by atoms with Gasteiger partial charge in [-0.15, -0.1) is 0 Å². The molecule has 1 aromatic carbocycles. The Hall–Kier alpha value is -0.920. The monoisotopic (exact) mass is 483 g/mol. The Morgan fingerprint density at radius 1 is 1.33 bits per heavy atom. The van der Waals surface area contributed by atoms with Crippen molar-refractivity contribution in [3.05, 3.63) is 38.5 Å². The van der Waals surface area contributed by atoms with Gasteiger partial charge in [0.2, 0.25) is 0 Å². The Kier molecular flexibility index (Phi) is 6.64. The number of hydrogen-bond acceptors (Lipinski definition) is 3. The number of benzene rings is 1. The number of halogens is 1. The molecule has 2 aliphatic rings. The first kappa shape index (κ1) is 20.8. The number of nitrogens with one attached hydrogen (secondary N) is 1. The van der Waals surface area contributed by atoms with Crippen molar-refractivity contribution in [2.24, 2.45) is 5.92 Å². The van der Waals surface area contributed by atoms with Crippen LogP contribution in [0.4, 0.5) is 0 Å². The lowest BCUT2D eigenvalue weighted by molar-refractivity contribution is -0.0941. The highest BCUT2D eigenvalue weighted by Gasteiger charge is 2.29. The van der Waals surface area contributed by atoms with Crippen molar-refractivity contribution in [1.82, 2.24) is 5.32 Å². The van der Waals surface area contributed by atoms with Gasteiger partial charge in [0, 0.05) is 15.2 Å². The standard InChI is InChI=1S/C22H30INO3/c1-14(2)22(3,26)13-27-18-9-7-17(8-10-18)24-21(25)20-12-16(23)11-15-5-4-6-19(15)20/h4-5,11-12,14,17-18,26H,6-10,13H2,1-3H3,(H,24,25). The van der Waals surface area contributed by atoms with Gasteiger partial charge in [-0.05, 0) is 90.8 Å². The minimum absolute atomic E-state index is 0.0422. The van der Waals surface area contributed by atoms with Crippen LogP contribution in [0.5, 0.6) is 0 Å². The Morgan fingerprint density at radius 2 is 2.04 bits per heavy atom. The largest absolute Gasteiger partial charge is 0.388 e. The van der Waals surface area contributed by atoms with Gasteiger partial charge < -0.3 is 15.2 Å². The number of amides is 1. The van der Waals surface area contributed by atoms with Crippen molar-refractivity contribution < 1.29 is 14.6 Å². The van der Waals surface area contributed by atoms with Gasteiger partial charge in [0.1, 0.15) is 0 Å². The summed E-state index contributed by atoms with van der Waals surface area (Å²) in [7, 11) is 0. The lowest BCUT2D eigenvalue weighted by atomic mass is 9.91. The summed E-state index contributed by atoms with van der Waals surface area (Å²) in [6.45, 7) is 6.21. The molecule has 0 spiro atoms. The van der Waals surface area contributed by atoms with E-state index in [1.165, 1.54) is 5.56 Å². The highest BCUT2D eigenvalue weighted by molar-refractivity contribution is 14.1. The summed E-state index contributed by atoms with van der Waals surface area (Å²) in [5.74, 6) is 0.207. The number of carbonyl (C=O) groups is 1. The minimum atomic E-state index is -0.788. The molecule has 1 saturated carbocycles. The number of fused-ring (bicyclic) bond motifs is 1. The van der Waals surface area contributed by atoms with Gasteiger partial charge in [0.05, 0.1) is 18.3 Å². The molecule has 2 aliphatic carbocycles. The van der Waals surface area contributed by atoms with Gasteiger partial charge in [-0.1, -0.05) is 26.0 Å². The second-order valence-corrected chi connectivity index (χ2v) is 9.64. The molecule has 2 N–H and O–H groups in total. The number of ether oxygens (including phenoxy) is 1. The van der Waals surface area contributed by atoms with E-state index in [1.54, 1.807) is 0 Å². The molecule has 3 rings (SSSR count). The van der Waals surface area contributed by atoms with E-state index in [-0.39, 0.29) is 24.0 Å². The van der Waals surface area contributed by atoms with E-state index in [9.17, 15) is 9.90 Å². The summed E-state index contributed by atoms with van der Waals surface area (Å²) >= 11 is 2.27. The van der Waals surface area contributed by atoms with Crippen LogP contribution in [0.3, 0.4) is 0 Å². The topological polar surface area (TPSA) is 58.6 Å². The predicted molar refractivity (Wildman–Crippen MR) is 117 cm³/mol. The van der Waals surface area contributed by atoms with Crippen LogP contribution in [0.15, 0.2) is 18.2 Å². The highest BCUT2D eigenvalue weighted by atomic mass is 127. The Balaban J connectivity index is 1.51. The second-order valence-electron chi connectivity index (χ2n) is 8.40. The molecular weight excluding hydrogens is 453 g/mol. The van der Waals surface area contributed by atoms with Crippen LogP contribution in [0.2, 0.25) is 0 Å². The van der Waals surface area contributed by atoms with Crippen LogP contribution >= 0.6 is 22.6 Å². The first-order valence-corrected chi connectivity index (χ1v) is 11.0. The van der Waals surface area contributed by atoms with E-state index in [2.05, 4.69) is 46.1 Å². The molecule has 27 heavy (non-hydrogen) atoms. The third-order valence-electron chi connectivity index (χ3n) is 5.98. The summed E-state index contributed by atoms with van der Waals surface area (Å²) < 4.78 is 7.05. The maximum atomic E-state index is 12.8. The molecule has 5 heteroatoms. The molecule has 148 valence electrons. The predicted octanol–water partition coefficient (Wildman–Crippen LogP) is 4.33. The number of allylic oxidation sites excluding steroid dienone is 1. The van der Waals surface area contributed by atoms with Crippen molar-refractivity contribution >= 4 is 34.6 Å². The van der Waals surface area contributed by atoms with Crippen molar-refractivity contribution in [3.63, 3.8) is 0 Å². The number of carbonyl (C=O) groups excluding carboxylic acids is 1. The van der Waals surface area contributed by atoms with E-state index in [1.807, 2.05) is 26.8 Å². The average Bonchev–Trinajstić information content (AvgIpc) is 3.08. The molecular formula is C22H30INO3. The van der Waals surface area contributed by atoms with Gasteiger partial charge in [-0.2, -0.15) is 0 Å². The maximum absolute atomic E-state index is 12.8. The van der Waals surface area contributed by atoms with Crippen molar-refractivity contribution in [3.8, 4) is 0 Å². The lowest BCUT2D eigenvalue weighted by Crippen LogP contribution is -2.42.